The molecule has 0 aliphatic rings. The van der Waals surface area contributed by atoms with Crippen molar-refractivity contribution in [2.24, 2.45) is 0 Å². The second kappa shape index (κ2) is 4.27. The van der Waals surface area contributed by atoms with Crippen molar-refractivity contribution in [1.29, 1.82) is 0 Å². The quantitative estimate of drug-likeness (QED) is 0.752. The van der Waals surface area contributed by atoms with E-state index in [2.05, 4.69) is 12.1 Å². The Balaban J connectivity index is 2.29. The molecular weight excluding hydrogens is 196 g/mol. The third kappa shape index (κ3) is 2.16. The summed E-state index contributed by atoms with van der Waals surface area (Å²) in [5.74, 6) is 0. The molecule has 0 amide bonds. The van der Waals surface area contributed by atoms with Gasteiger partial charge in [-0.2, -0.15) is 0 Å². The van der Waals surface area contributed by atoms with Crippen LogP contribution in [0.5, 0.6) is 0 Å². The zero-order valence-corrected chi connectivity index (χ0v) is 9.40. The molecule has 0 aliphatic carbocycles. The van der Waals surface area contributed by atoms with E-state index in [0.29, 0.717) is 0 Å². The maximum Gasteiger partial charge on any atom is 0.0367 e. The van der Waals surface area contributed by atoms with Crippen molar-refractivity contribution < 1.29 is 0 Å². The lowest BCUT2D eigenvalue weighted by molar-refractivity contribution is 1.19. The van der Waals surface area contributed by atoms with E-state index in [-0.39, 0.29) is 0 Å². The number of anilines is 2. The number of hydrogen-bond acceptors (Lipinski definition) is 2. The van der Waals surface area contributed by atoms with Gasteiger partial charge in [0, 0.05) is 11.4 Å². The third-order valence-corrected chi connectivity index (χ3v) is 2.80. The van der Waals surface area contributed by atoms with Crippen LogP contribution in [-0.2, 0) is 6.42 Å². The fourth-order valence-corrected chi connectivity index (χ4v) is 1.76. The van der Waals surface area contributed by atoms with Gasteiger partial charge in [-0.1, -0.05) is 30.3 Å². The predicted molar refractivity (Wildman–Crippen MR) is 69.3 cm³/mol. The molecule has 0 saturated heterocycles. The molecule has 2 heteroatoms. The minimum absolute atomic E-state index is 0.769. The molecule has 16 heavy (non-hydrogen) atoms. The Bertz CT molecular complexity index is 466. The fraction of sp³-hybridized carbons (Fsp3) is 0.143. The molecule has 0 saturated carbocycles. The van der Waals surface area contributed by atoms with Crippen LogP contribution in [0.25, 0.3) is 0 Å². The van der Waals surface area contributed by atoms with Crippen LogP contribution < -0.4 is 11.5 Å². The van der Waals surface area contributed by atoms with Crippen molar-refractivity contribution in [2.75, 3.05) is 11.5 Å². The minimum atomic E-state index is 0.769. The van der Waals surface area contributed by atoms with Crippen LogP contribution in [0.1, 0.15) is 16.7 Å². The molecule has 0 radical (unpaired) electrons. The van der Waals surface area contributed by atoms with E-state index in [1.807, 2.05) is 37.3 Å². The van der Waals surface area contributed by atoms with Crippen LogP contribution in [0, 0.1) is 6.92 Å². The summed E-state index contributed by atoms with van der Waals surface area (Å²) < 4.78 is 0. The Kier molecular flexibility index (Phi) is 2.82. The van der Waals surface area contributed by atoms with Gasteiger partial charge in [-0.25, -0.2) is 0 Å². The van der Waals surface area contributed by atoms with Gasteiger partial charge in [0.05, 0.1) is 0 Å². The highest BCUT2D eigenvalue weighted by molar-refractivity contribution is 5.62. The zero-order chi connectivity index (χ0) is 11.5. The molecule has 0 bridgehead atoms. The van der Waals surface area contributed by atoms with Crippen molar-refractivity contribution in [3.05, 3.63) is 59.2 Å². The average Bonchev–Trinajstić information content (AvgIpc) is 2.27. The van der Waals surface area contributed by atoms with Crippen LogP contribution in [0.4, 0.5) is 11.4 Å². The summed E-state index contributed by atoms with van der Waals surface area (Å²) in [6, 6.07) is 14.3. The Morgan fingerprint density at radius 1 is 0.875 bits per heavy atom. The maximum absolute atomic E-state index is 5.90. The largest absolute Gasteiger partial charge is 0.398 e. The van der Waals surface area contributed by atoms with Crippen LogP contribution in [0.3, 0.4) is 0 Å². The summed E-state index contributed by atoms with van der Waals surface area (Å²) >= 11 is 0. The topological polar surface area (TPSA) is 52.0 Å². The van der Waals surface area contributed by atoms with E-state index in [1.165, 1.54) is 5.56 Å². The highest BCUT2D eigenvalue weighted by atomic mass is 14.6. The maximum atomic E-state index is 5.90. The van der Waals surface area contributed by atoms with Crippen molar-refractivity contribution >= 4 is 11.4 Å². The van der Waals surface area contributed by atoms with E-state index in [1.54, 1.807) is 0 Å². The highest BCUT2D eigenvalue weighted by Gasteiger charge is 2.02. The van der Waals surface area contributed by atoms with Crippen molar-refractivity contribution in [3.63, 3.8) is 0 Å². The van der Waals surface area contributed by atoms with Gasteiger partial charge >= 0.3 is 0 Å². The monoisotopic (exact) mass is 212 g/mol. The van der Waals surface area contributed by atoms with E-state index in [4.69, 9.17) is 11.5 Å². The predicted octanol–water partition coefficient (Wildman–Crippen LogP) is 2.75. The molecule has 2 rings (SSSR count). The smallest absolute Gasteiger partial charge is 0.0367 e. The summed E-state index contributed by atoms with van der Waals surface area (Å²) in [7, 11) is 0. The first-order chi connectivity index (χ1) is 7.66. The lowest BCUT2D eigenvalue weighted by Crippen LogP contribution is -1.99. The fourth-order valence-electron chi connectivity index (χ4n) is 1.76. The van der Waals surface area contributed by atoms with Gasteiger partial charge in [0.25, 0.3) is 0 Å². The number of nitrogen functional groups attached to an aromatic ring is 2. The van der Waals surface area contributed by atoms with E-state index < -0.39 is 0 Å². The van der Waals surface area contributed by atoms with E-state index in [9.17, 15) is 0 Å². The molecule has 0 unspecified atom stereocenters. The molecule has 0 atom stereocenters. The summed E-state index contributed by atoms with van der Waals surface area (Å²) in [5.41, 5.74) is 16.7. The number of hydrogen-bond donors (Lipinski definition) is 2. The molecule has 0 aliphatic heterocycles. The third-order valence-electron chi connectivity index (χ3n) is 2.80. The van der Waals surface area contributed by atoms with Gasteiger partial charge in [-0.15, -0.1) is 0 Å². The van der Waals surface area contributed by atoms with Gasteiger partial charge in [-0.3, -0.25) is 0 Å². The van der Waals surface area contributed by atoms with Crippen LogP contribution in [-0.4, -0.2) is 0 Å². The Morgan fingerprint density at radius 3 is 2.00 bits per heavy atom. The number of nitrogens with two attached hydrogens (primary N) is 2. The van der Waals surface area contributed by atoms with Crippen LogP contribution >= 0.6 is 0 Å². The first-order valence-electron chi connectivity index (χ1n) is 5.35. The van der Waals surface area contributed by atoms with E-state index >= 15 is 0 Å². The van der Waals surface area contributed by atoms with Crippen molar-refractivity contribution in [2.45, 2.75) is 13.3 Å². The number of rotatable bonds is 2. The Hall–Kier alpha value is -1.96. The summed E-state index contributed by atoms with van der Waals surface area (Å²) in [6.07, 6.45) is 0.871. The molecular formula is C14H16N2. The Morgan fingerprint density at radius 2 is 1.44 bits per heavy atom. The highest BCUT2D eigenvalue weighted by Crippen LogP contribution is 2.22. The lowest BCUT2D eigenvalue weighted by Gasteiger charge is -2.08. The van der Waals surface area contributed by atoms with Gasteiger partial charge < -0.3 is 11.5 Å². The number of benzene rings is 2. The molecule has 2 aromatic rings. The van der Waals surface area contributed by atoms with Crippen LogP contribution in [0.15, 0.2) is 42.5 Å². The average molecular weight is 212 g/mol. The summed E-state index contributed by atoms with van der Waals surface area (Å²) in [4.78, 5) is 0. The van der Waals surface area contributed by atoms with Gasteiger partial charge in [0.2, 0.25) is 0 Å². The second-order valence-corrected chi connectivity index (χ2v) is 4.06. The molecule has 82 valence electrons. The normalized spacial score (nSPS) is 10.3. The SMILES string of the molecule is Cc1c(N)cc(Cc2ccccc2)cc1N. The van der Waals surface area contributed by atoms with Crippen molar-refractivity contribution in [1.82, 2.24) is 0 Å². The Labute approximate surface area is 95.9 Å². The molecule has 2 nitrogen and oxygen atoms in total. The molecule has 0 spiro atoms. The molecule has 4 N–H and O–H groups in total. The molecule has 0 fully saturated rings. The van der Waals surface area contributed by atoms with Gasteiger partial charge in [-0.05, 0) is 42.2 Å². The lowest BCUT2D eigenvalue weighted by atomic mass is 10.0. The van der Waals surface area contributed by atoms with Crippen molar-refractivity contribution in [3.8, 4) is 0 Å². The second-order valence-electron chi connectivity index (χ2n) is 4.06. The van der Waals surface area contributed by atoms with Gasteiger partial charge in [0.1, 0.15) is 0 Å². The summed E-state index contributed by atoms with van der Waals surface area (Å²) in [6.45, 7) is 1.94. The molecule has 2 aromatic carbocycles. The van der Waals surface area contributed by atoms with Crippen LogP contribution in [0.2, 0.25) is 0 Å². The molecule has 0 aromatic heterocycles. The van der Waals surface area contributed by atoms with E-state index in [0.717, 1.165) is 28.9 Å². The summed E-state index contributed by atoms with van der Waals surface area (Å²) in [5, 5.41) is 0. The minimum Gasteiger partial charge on any atom is -0.398 e. The molecule has 0 heterocycles. The first-order valence-corrected chi connectivity index (χ1v) is 5.35. The van der Waals surface area contributed by atoms with Gasteiger partial charge in [0.15, 0.2) is 0 Å². The first kappa shape index (κ1) is 10.6. The zero-order valence-electron chi connectivity index (χ0n) is 9.40. The standard InChI is InChI=1S/C14H16N2/c1-10-13(15)8-12(9-14(10)16)7-11-5-3-2-4-6-11/h2-6,8-9H,7,15-16H2,1H3.